The smallest absolute Gasteiger partial charge is 0.161 e. The molecule has 0 amide bonds. The van der Waals surface area contributed by atoms with Crippen LogP contribution in [0.4, 0.5) is 0 Å². The zero-order valence-corrected chi connectivity index (χ0v) is 71.0. The van der Waals surface area contributed by atoms with E-state index in [1.165, 1.54) is 25.7 Å². The molecule has 10 heteroatoms. The lowest BCUT2D eigenvalue weighted by Gasteiger charge is -2.20. The van der Waals surface area contributed by atoms with Crippen molar-refractivity contribution in [3.8, 4) is 81.2 Å². The van der Waals surface area contributed by atoms with E-state index in [9.17, 15) is 0 Å². The lowest BCUT2D eigenvalue weighted by molar-refractivity contribution is 0.260. The highest BCUT2D eigenvalue weighted by Gasteiger charge is 2.24. The first-order valence-electron chi connectivity index (χ1n) is 44.2. The molecule has 110 heavy (non-hydrogen) atoms. The molecule has 0 aliphatic rings. The third kappa shape index (κ3) is 27.1. The lowest BCUT2D eigenvalue weighted by Crippen LogP contribution is -2.06. The molecule has 10 nitrogen and oxygen atoms in total. The standard InChI is InChI=1S/C100H142O10/c1-15-23-33-51-101-93-65-83-79-61-77(91(109-59-49-75(13)45-41-43-73(9)10)63-81(79)85-67-95(103-53-35-25-17-3)99(107-57-39-29-21-7)71-89(85)87(83)69-97(93)105-55-37-27-19-5)47-31-32-48-78-62-80-82(64-92(78)110-60-50-76(14)46-42-44-74(11)12)86-68-96(104-54-36-26-18-4)100(108-58-40-30-22-8)72-90(86)88-70-98(106-56-38-28-20-6)94(66-84(80)88)102-52-34-24-16-2/h61-76H,15-30,33-46,49-60H2,1-14H3. The quantitative estimate of drug-likeness (QED) is 0.0208. The minimum absolute atomic E-state index is 0.492. The Morgan fingerprint density at radius 1 is 0.200 bits per heavy atom. The van der Waals surface area contributed by atoms with Crippen molar-refractivity contribution in [2.75, 3.05) is 66.1 Å². The van der Waals surface area contributed by atoms with Crippen molar-refractivity contribution in [1.82, 2.24) is 0 Å². The van der Waals surface area contributed by atoms with Gasteiger partial charge in [0.05, 0.1) is 77.2 Å². The second kappa shape index (κ2) is 49.1. The van der Waals surface area contributed by atoms with Crippen molar-refractivity contribution in [3.05, 3.63) is 83.9 Å². The van der Waals surface area contributed by atoms with Crippen molar-refractivity contribution in [2.45, 2.75) is 302 Å². The number of ether oxygens (including phenoxy) is 10. The minimum atomic E-state index is 0.492. The summed E-state index contributed by atoms with van der Waals surface area (Å²) in [5.41, 5.74) is 1.52. The number of rotatable bonds is 56. The largest absolute Gasteiger partial charge is 0.492 e. The van der Waals surface area contributed by atoms with Crippen LogP contribution in [0.2, 0.25) is 0 Å². The van der Waals surface area contributed by atoms with E-state index < -0.39 is 0 Å². The topological polar surface area (TPSA) is 92.3 Å². The van der Waals surface area contributed by atoms with E-state index in [0.29, 0.717) is 89.7 Å². The average molecular weight is 1500 g/mol. The van der Waals surface area contributed by atoms with Crippen molar-refractivity contribution in [2.24, 2.45) is 23.7 Å². The highest BCUT2D eigenvalue weighted by molar-refractivity contribution is 6.28. The number of hydrogen-bond acceptors (Lipinski definition) is 10. The maximum atomic E-state index is 7.12. The van der Waals surface area contributed by atoms with Gasteiger partial charge >= 0.3 is 0 Å². The van der Waals surface area contributed by atoms with Gasteiger partial charge in [-0.15, -0.1) is 0 Å². The molecule has 0 saturated carbocycles. The molecule has 0 aromatic heterocycles. The van der Waals surface area contributed by atoms with E-state index in [0.717, 1.165) is 313 Å². The fourth-order valence-corrected chi connectivity index (χ4v) is 14.7. The molecule has 0 bridgehead atoms. The van der Waals surface area contributed by atoms with E-state index in [4.69, 9.17) is 47.4 Å². The van der Waals surface area contributed by atoms with E-state index in [1.54, 1.807) is 0 Å². The summed E-state index contributed by atoms with van der Waals surface area (Å²) in [6, 6.07) is 26.7. The molecule has 0 radical (unpaired) electrons. The Labute approximate surface area is 665 Å². The van der Waals surface area contributed by atoms with Crippen LogP contribution in [-0.2, 0) is 0 Å². The van der Waals surface area contributed by atoms with Crippen LogP contribution >= 0.6 is 0 Å². The van der Waals surface area contributed by atoms with E-state index in [1.807, 2.05) is 0 Å². The van der Waals surface area contributed by atoms with Crippen LogP contribution in [0.25, 0.3) is 64.6 Å². The molecule has 8 aromatic rings. The summed E-state index contributed by atoms with van der Waals surface area (Å²) in [6.07, 6.45) is 34.2. The Bertz CT molecular complexity index is 3930. The normalized spacial score (nSPS) is 12.1. The first-order valence-corrected chi connectivity index (χ1v) is 44.2. The maximum absolute atomic E-state index is 7.12. The summed E-state index contributed by atoms with van der Waals surface area (Å²) in [5.74, 6) is 24.0. The molecule has 0 N–H and O–H groups in total. The van der Waals surface area contributed by atoms with Gasteiger partial charge in [-0.3, -0.25) is 0 Å². The van der Waals surface area contributed by atoms with Crippen molar-refractivity contribution < 1.29 is 47.4 Å². The summed E-state index contributed by atoms with van der Waals surface area (Å²) < 4.78 is 68.6. The van der Waals surface area contributed by atoms with Gasteiger partial charge < -0.3 is 47.4 Å². The van der Waals surface area contributed by atoms with Crippen LogP contribution in [0.1, 0.15) is 314 Å². The average Bonchev–Trinajstić information content (AvgIpc) is 0.732. The molecule has 8 aromatic carbocycles. The van der Waals surface area contributed by atoms with Gasteiger partial charge in [-0.25, -0.2) is 0 Å². The van der Waals surface area contributed by atoms with Crippen LogP contribution in [0.5, 0.6) is 57.5 Å². The van der Waals surface area contributed by atoms with Crippen LogP contribution in [0, 0.1) is 47.4 Å². The SMILES string of the molecule is CCCCCOc1cc2c3cc(C#CC#Cc4cc5c(cc4OCCC(C)CCCC(C)C)c4cc(OCCCCC)c(OCCCCC)cc4c4cc(OCCCCC)c(OCCCCC)cc54)c(OCCC(C)CCCC(C)C)cc3c3cc(OCCCCC)c(OCCCCC)cc3c2cc1OCCCCC. The fraction of sp³-hybridized carbons (Fsp3) is 0.600. The van der Waals surface area contributed by atoms with Crippen LogP contribution < -0.4 is 47.4 Å². The maximum Gasteiger partial charge on any atom is 0.161 e. The molecular formula is C100H142O10. The van der Waals surface area contributed by atoms with Gasteiger partial charge in [0.15, 0.2) is 46.0 Å². The van der Waals surface area contributed by atoms with Gasteiger partial charge in [-0.05, 0) is 249 Å². The first kappa shape index (κ1) is 88.0. The summed E-state index contributed by atoms with van der Waals surface area (Å²) in [7, 11) is 0. The Hall–Kier alpha value is -7.56. The van der Waals surface area contributed by atoms with E-state index in [2.05, 4.69) is 193 Å². The van der Waals surface area contributed by atoms with Crippen molar-refractivity contribution in [1.29, 1.82) is 0 Å². The van der Waals surface area contributed by atoms with Gasteiger partial charge in [-0.1, -0.05) is 238 Å². The molecule has 0 saturated heterocycles. The summed E-state index contributed by atoms with van der Waals surface area (Å²) in [6.45, 7) is 37.8. The molecule has 0 fully saturated rings. The number of hydrogen-bond donors (Lipinski definition) is 0. The monoisotopic (exact) mass is 1500 g/mol. The van der Waals surface area contributed by atoms with Crippen LogP contribution in [0.15, 0.2) is 72.8 Å². The molecule has 2 atom stereocenters. The van der Waals surface area contributed by atoms with Gasteiger partial charge in [0.2, 0.25) is 0 Å². The molecule has 0 aliphatic heterocycles. The number of fused-ring (bicyclic) bond motifs is 12. The van der Waals surface area contributed by atoms with E-state index in [-0.39, 0.29) is 0 Å². The zero-order valence-electron chi connectivity index (χ0n) is 71.0. The molecule has 602 valence electrons. The zero-order chi connectivity index (χ0) is 78.2. The predicted octanol–water partition coefficient (Wildman–Crippen LogP) is 29.0. The number of unbranched alkanes of at least 4 members (excludes halogenated alkanes) is 16. The number of benzene rings is 8. The third-order valence-corrected chi connectivity index (χ3v) is 21.5. The summed E-state index contributed by atoms with van der Waals surface area (Å²) in [5, 5.41) is 12.5. The predicted molar refractivity (Wildman–Crippen MR) is 468 cm³/mol. The Morgan fingerprint density at radius 3 is 0.573 bits per heavy atom. The van der Waals surface area contributed by atoms with Gasteiger partial charge in [-0.2, -0.15) is 0 Å². The molecule has 0 aliphatic carbocycles. The molecule has 0 spiro atoms. The fourth-order valence-electron chi connectivity index (χ4n) is 14.7. The molecule has 0 heterocycles. The second-order valence-corrected chi connectivity index (χ2v) is 32.2. The van der Waals surface area contributed by atoms with Gasteiger partial charge in [0, 0.05) is 0 Å². The second-order valence-electron chi connectivity index (χ2n) is 32.2. The highest BCUT2D eigenvalue weighted by Crippen LogP contribution is 2.49. The third-order valence-electron chi connectivity index (χ3n) is 21.5. The summed E-state index contributed by atoms with van der Waals surface area (Å²) >= 11 is 0. The lowest BCUT2D eigenvalue weighted by atomic mass is 9.92. The molecular weight excluding hydrogens is 1360 g/mol. The molecule has 8 rings (SSSR count). The minimum Gasteiger partial charge on any atom is -0.492 e. The van der Waals surface area contributed by atoms with Gasteiger partial charge in [0.25, 0.3) is 0 Å². The van der Waals surface area contributed by atoms with Crippen molar-refractivity contribution >= 4 is 64.6 Å². The first-order chi connectivity index (χ1) is 53.8. The highest BCUT2D eigenvalue weighted by atomic mass is 16.5. The van der Waals surface area contributed by atoms with Gasteiger partial charge in [0.1, 0.15) is 11.5 Å². The Kier molecular flexibility index (Phi) is 39.2. The van der Waals surface area contributed by atoms with Crippen molar-refractivity contribution in [3.63, 3.8) is 0 Å². The van der Waals surface area contributed by atoms with E-state index >= 15 is 0 Å². The Balaban J connectivity index is 1.41. The summed E-state index contributed by atoms with van der Waals surface area (Å²) in [4.78, 5) is 0. The Morgan fingerprint density at radius 2 is 0.382 bits per heavy atom. The molecule has 2 unspecified atom stereocenters. The van der Waals surface area contributed by atoms with Crippen LogP contribution in [-0.4, -0.2) is 66.1 Å². The van der Waals surface area contributed by atoms with Crippen LogP contribution in [0.3, 0.4) is 0 Å².